The summed E-state index contributed by atoms with van der Waals surface area (Å²) >= 11 is 0. The molecule has 0 amide bonds. The minimum atomic E-state index is -0.668. The van der Waals surface area contributed by atoms with Crippen molar-refractivity contribution in [1.29, 1.82) is 0 Å². The SMILES string of the molecule is CN1[C@@H]2COC[C@H]1C[C@H](CC(=O)O)C2. The van der Waals surface area contributed by atoms with Crippen LogP contribution in [0.4, 0.5) is 0 Å². The number of piperidine rings is 1. The summed E-state index contributed by atoms with van der Waals surface area (Å²) in [5.74, 6) is -0.318. The van der Waals surface area contributed by atoms with Gasteiger partial charge >= 0.3 is 5.97 Å². The minimum absolute atomic E-state index is 0.320. The summed E-state index contributed by atoms with van der Waals surface area (Å²) in [5, 5.41) is 8.75. The van der Waals surface area contributed by atoms with Gasteiger partial charge in [0, 0.05) is 18.5 Å². The molecule has 3 atom stereocenters. The monoisotopic (exact) mass is 199 g/mol. The van der Waals surface area contributed by atoms with Gasteiger partial charge in [0.15, 0.2) is 0 Å². The molecule has 2 saturated heterocycles. The molecule has 2 aliphatic rings. The number of rotatable bonds is 2. The van der Waals surface area contributed by atoms with Gasteiger partial charge in [0.05, 0.1) is 13.2 Å². The lowest BCUT2D eigenvalue weighted by Crippen LogP contribution is -2.55. The molecule has 0 aromatic heterocycles. The van der Waals surface area contributed by atoms with Crippen molar-refractivity contribution in [3.63, 3.8) is 0 Å². The molecule has 2 fully saturated rings. The van der Waals surface area contributed by atoms with Crippen molar-refractivity contribution >= 4 is 5.97 Å². The standard InChI is InChI=1S/C10H17NO3/c1-11-8-2-7(4-10(12)13)3-9(11)6-14-5-8/h7-9H,2-6H2,1H3,(H,12,13)/t7-,8+,9-. The van der Waals surface area contributed by atoms with Crippen LogP contribution in [-0.2, 0) is 9.53 Å². The fourth-order valence-corrected chi connectivity index (χ4v) is 2.62. The average Bonchev–Trinajstić information content (AvgIpc) is 2.05. The summed E-state index contributed by atoms with van der Waals surface area (Å²) in [4.78, 5) is 13.0. The van der Waals surface area contributed by atoms with Crippen LogP contribution in [0.2, 0.25) is 0 Å². The quantitative estimate of drug-likeness (QED) is 0.706. The second-order valence-electron chi connectivity index (χ2n) is 4.45. The van der Waals surface area contributed by atoms with E-state index in [-0.39, 0.29) is 0 Å². The number of ether oxygens (including phenoxy) is 1. The van der Waals surface area contributed by atoms with E-state index in [1.54, 1.807) is 0 Å². The van der Waals surface area contributed by atoms with Gasteiger partial charge in [-0.25, -0.2) is 0 Å². The number of morpholine rings is 1. The summed E-state index contributed by atoms with van der Waals surface area (Å²) in [7, 11) is 2.12. The van der Waals surface area contributed by atoms with E-state index in [4.69, 9.17) is 9.84 Å². The first-order valence-corrected chi connectivity index (χ1v) is 5.18. The Balaban J connectivity index is 1.97. The van der Waals surface area contributed by atoms with Gasteiger partial charge in [0.1, 0.15) is 0 Å². The maximum atomic E-state index is 10.6. The van der Waals surface area contributed by atoms with Crippen LogP contribution in [0.15, 0.2) is 0 Å². The Labute approximate surface area is 83.8 Å². The predicted molar refractivity (Wildman–Crippen MR) is 51.1 cm³/mol. The smallest absolute Gasteiger partial charge is 0.303 e. The van der Waals surface area contributed by atoms with Crippen molar-refractivity contribution in [2.24, 2.45) is 5.92 Å². The molecule has 0 aromatic carbocycles. The van der Waals surface area contributed by atoms with Crippen molar-refractivity contribution in [1.82, 2.24) is 4.90 Å². The Morgan fingerprint density at radius 3 is 2.50 bits per heavy atom. The number of carboxylic acid groups (broad SMARTS) is 1. The summed E-state index contributed by atoms with van der Waals surface area (Å²) in [6.45, 7) is 1.53. The predicted octanol–water partition coefficient (Wildman–Crippen LogP) is 0.570. The third-order valence-electron chi connectivity index (χ3n) is 3.45. The molecule has 2 aliphatic heterocycles. The Kier molecular flexibility index (Phi) is 2.74. The molecule has 0 spiro atoms. The fourth-order valence-electron chi connectivity index (χ4n) is 2.62. The van der Waals surface area contributed by atoms with Gasteiger partial charge in [-0.3, -0.25) is 9.69 Å². The van der Waals surface area contributed by atoms with E-state index in [0.717, 1.165) is 26.1 Å². The highest BCUT2D eigenvalue weighted by Crippen LogP contribution is 2.31. The summed E-state index contributed by atoms with van der Waals surface area (Å²) in [5.41, 5.74) is 0. The average molecular weight is 199 g/mol. The summed E-state index contributed by atoms with van der Waals surface area (Å²) in [6.07, 6.45) is 2.26. The van der Waals surface area contributed by atoms with Crippen molar-refractivity contribution in [2.75, 3.05) is 20.3 Å². The molecule has 80 valence electrons. The number of carboxylic acids is 1. The molecule has 2 bridgehead atoms. The van der Waals surface area contributed by atoms with E-state index >= 15 is 0 Å². The molecule has 0 aliphatic carbocycles. The van der Waals surface area contributed by atoms with Gasteiger partial charge in [-0.05, 0) is 25.8 Å². The molecule has 4 nitrogen and oxygen atoms in total. The zero-order chi connectivity index (χ0) is 10.1. The van der Waals surface area contributed by atoms with Crippen LogP contribution in [0.1, 0.15) is 19.3 Å². The second-order valence-corrected chi connectivity index (χ2v) is 4.45. The first-order valence-electron chi connectivity index (χ1n) is 5.18. The summed E-state index contributed by atoms with van der Waals surface area (Å²) < 4.78 is 5.47. The number of aliphatic carboxylic acids is 1. The Hall–Kier alpha value is -0.610. The molecule has 0 aromatic rings. The van der Waals surface area contributed by atoms with Crippen LogP contribution < -0.4 is 0 Å². The normalized spacial score (nSPS) is 38.2. The maximum absolute atomic E-state index is 10.6. The van der Waals surface area contributed by atoms with E-state index < -0.39 is 5.97 Å². The molecule has 0 radical (unpaired) electrons. The lowest BCUT2D eigenvalue weighted by Gasteiger charge is -2.46. The molecular weight excluding hydrogens is 182 g/mol. The zero-order valence-corrected chi connectivity index (χ0v) is 8.48. The Morgan fingerprint density at radius 1 is 1.43 bits per heavy atom. The van der Waals surface area contributed by atoms with E-state index in [0.29, 0.717) is 24.4 Å². The molecule has 0 unspecified atom stereocenters. The van der Waals surface area contributed by atoms with Gasteiger partial charge in [-0.15, -0.1) is 0 Å². The minimum Gasteiger partial charge on any atom is -0.481 e. The lowest BCUT2D eigenvalue weighted by molar-refractivity contribution is -0.140. The fraction of sp³-hybridized carbons (Fsp3) is 0.900. The molecule has 2 heterocycles. The van der Waals surface area contributed by atoms with Gasteiger partial charge in [0.2, 0.25) is 0 Å². The Bertz CT molecular complexity index is 217. The van der Waals surface area contributed by atoms with Crippen LogP contribution in [0, 0.1) is 5.92 Å². The second kappa shape index (κ2) is 3.87. The molecule has 1 N–H and O–H groups in total. The molecular formula is C10H17NO3. The number of likely N-dealkylation sites (N-methyl/N-ethyl adjacent to an activating group) is 1. The van der Waals surface area contributed by atoms with Crippen LogP contribution in [0.25, 0.3) is 0 Å². The van der Waals surface area contributed by atoms with Crippen LogP contribution in [-0.4, -0.2) is 48.3 Å². The number of nitrogens with zero attached hydrogens (tertiary/aromatic N) is 1. The van der Waals surface area contributed by atoms with E-state index in [9.17, 15) is 4.79 Å². The van der Waals surface area contributed by atoms with E-state index in [1.165, 1.54) is 0 Å². The molecule has 0 saturated carbocycles. The highest BCUT2D eigenvalue weighted by molar-refractivity contribution is 5.67. The van der Waals surface area contributed by atoms with Gasteiger partial charge in [-0.1, -0.05) is 0 Å². The van der Waals surface area contributed by atoms with Crippen LogP contribution in [0.5, 0.6) is 0 Å². The number of hydrogen-bond donors (Lipinski definition) is 1. The first kappa shape index (κ1) is 9.93. The van der Waals surface area contributed by atoms with Crippen molar-refractivity contribution < 1.29 is 14.6 Å². The maximum Gasteiger partial charge on any atom is 0.303 e. The van der Waals surface area contributed by atoms with Crippen molar-refractivity contribution in [3.05, 3.63) is 0 Å². The number of fused-ring (bicyclic) bond motifs is 2. The van der Waals surface area contributed by atoms with Gasteiger partial charge < -0.3 is 9.84 Å². The number of carbonyl (C=O) groups is 1. The first-order chi connectivity index (χ1) is 6.66. The van der Waals surface area contributed by atoms with E-state index in [1.807, 2.05) is 0 Å². The van der Waals surface area contributed by atoms with Crippen LogP contribution in [0.3, 0.4) is 0 Å². The zero-order valence-electron chi connectivity index (χ0n) is 8.48. The van der Waals surface area contributed by atoms with E-state index in [2.05, 4.69) is 11.9 Å². The largest absolute Gasteiger partial charge is 0.481 e. The summed E-state index contributed by atoms with van der Waals surface area (Å²) in [6, 6.07) is 0.874. The molecule has 4 heteroatoms. The van der Waals surface area contributed by atoms with Crippen molar-refractivity contribution in [3.8, 4) is 0 Å². The lowest BCUT2D eigenvalue weighted by atomic mass is 9.83. The van der Waals surface area contributed by atoms with Gasteiger partial charge in [-0.2, -0.15) is 0 Å². The molecule has 14 heavy (non-hydrogen) atoms. The number of hydrogen-bond acceptors (Lipinski definition) is 3. The van der Waals surface area contributed by atoms with Crippen LogP contribution >= 0.6 is 0 Å². The third-order valence-corrected chi connectivity index (χ3v) is 3.45. The highest BCUT2D eigenvalue weighted by atomic mass is 16.5. The third kappa shape index (κ3) is 1.91. The topological polar surface area (TPSA) is 49.8 Å². The van der Waals surface area contributed by atoms with Gasteiger partial charge in [0.25, 0.3) is 0 Å². The molecule has 2 rings (SSSR count). The van der Waals surface area contributed by atoms with Crippen molar-refractivity contribution in [2.45, 2.75) is 31.3 Å². The highest BCUT2D eigenvalue weighted by Gasteiger charge is 2.37. The Morgan fingerprint density at radius 2 is 2.00 bits per heavy atom.